The number of nitrogens with zero attached hydrogens (tertiary/aromatic N) is 5. The first kappa shape index (κ1) is 21.5. The minimum Gasteiger partial charge on any atom is -0.351 e. The van der Waals surface area contributed by atoms with Gasteiger partial charge in [-0.1, -0.05) is 19.3 Å². The minimum atomic E-state index is -0.265. The lowest BCUT2D eigenvalue weighted by atomic mass is 9.96. The highest BCUT2D eigenvalue weighted by Crippen LogP contribution is 2.33. The average molecular weight is 445 g/mol. The predicted octanol–water partition coefficient (Wildman–Crippen LogP) is 5.40. The van der Waals surface area contributed by atoms with E-state index < -0.39 is 0 Å². The highest BCUT2D eigenvalue weighted by molar-refractivity contribution is 5.80. The Labute approximate surface area is 193 Å². The fraction of sp³-hybridized carbons (Fsp3) is 0.346. The van der Waals surface area contributed by atoms with Gasteiger partial charge in [-0.3, -0.25) is 4.40 Å². The Hall–Kier alpha value is -3.32. The molecule has 0 saturated heterocycles. The molecule has 0 spiro atoms. The van der Waals surface area contributed by atoms with Crippen molar-refractivity contribution >= 4 is 11.6 Å². The van der Waals surface area contributed by atoms with Gasteiger partial charge in [-0.05, 0) is 75.0 Å². The Bertz CT molecular complexity index is 1240. The summed E-state index contributed by atoms with van der Waals surface area (Å²) in [6.07, 6.45) is 9.93. The van der Waals surface area contributed by atoms with Crippen LogP contribution in [0.15, 0.2) is 54.9 Å². The molecule has 0 aliphatic heterocycles. The van der Waals surface area contributed by atoms with Gasteiger partial charge in [-0.25, -0.2) is 19.3 Å². The first-order valence-corrected chi connectivity index (χ1v) is 11.6. The van der Waals surface area contributed by atoms with Gasteiger partial charge in [0.25, 0.3) is 0 Å². The SMILES string of the molecule is CN(C)Cc1ccn2c(-c3ccnc(NC4CCCCC4)n3)c(-c3ccc(F)cc3)nc2c1. The second kappa shape index (κ2) is 9.27. The molecular weight excluding hydrogens is 415 g/mol. The molecular formula is C26H29FN6. The van der Waals surface area contributed by atoms with Crippen molar-refractivity contribution in [1.29, 1.82) is 0 Å². The number of aromatic nitrogens is 4. The van der Waals surface area contributed by atoms with E-state index in [1.54, 1.807) is 18.3 Å². The zero-order valence-corrected chi connectivity index (χ0v) is 19.1. The molecule has 170 valence electrons. The summed E-state index contributed by atoms with van der Waals surface area (Å²) in [5.41, 5.74) is 5.31. The van der Waals surface area contributed by atoms with Crippen LogP contribution >= 0.6 is 0 Å². The Kier molecular flexibility index (Phi) is 6.05. The lowest BCUT2D eigenvalue weighted by molar-refractivity contribution is 0.402. The van der Waals surface area contributed by atoms with Crippen molar-refractivity contribution in [3.05, 3.63) is 66.2 Å². The molecule has 0 unspecified atom stereocenters. The molecule has 4 aromatic rings. The molecule has 1 N–H and O–H groups in total. The zero-order valence-electron chi connectivity index (χ0n) is 19.1. The normalized spacial score (nSPS) is 14.8. The van der Waals surface area contributed by atoms with Gasteiger partial charge in [0.05, 0.1) is 17.1 Å². The van der Waals surface area contributed by atoms with Crippen LogP contribution in [0.3, 0.4) is 0 Å². The largest absolute Gasteiger partial charge is 0.351 e. The van der Waals surface area contributed by atoms with E-state index in [9.17, 15) is 4.39 Å². The molecule has 3 heterocycles. The smallest absolute Gasteiger partial charge is 0.223 e. The Balaban J connectivity index is 1.60. The van der Waals surface area contributed by atoms with Crippen molar-refractivity contribution in [1.82, 2.24) is 24.3 Å². The van der Waals surface area contributed by atoms with Gasteiger partial charge in [-0.2, -0.15) is 0 Å². The third-order valence-corrected chi connectivity index (χ3v) is 6.14. The van der Waals surface area contributed by atoms with Crippen molar-refractivity contribution < 1.29 is 4.39 Å². The summed E-state index contributed by atoms with van der Waals surface area (Å²) in [6, 6.07) is 13.0. The summed E-state index contributed by atoms with van der Waals surface area (Å²) in [5.74, 6) is 0.377. The number of halogens is 1. The third kappa shape index (κ3) is 4.73. The van der Waals surface area contributed by atoms with Crippen LogP contribution < -0.4 is 5.32 Å². The van der Waals surface area contributed by atoms with Crippen LogP contribution in [0.4, 0.5) is 10.3 Å². The summed E-state index contributed by atoms with van der Waals surface area (Å²) in [5, 5.41) is 3.52. The highest BCUT2D eigenvalue weighted by Gasteiger charge is 2.19. The lowest BCUT2D eigenvalue weighted by Crippen LogP contribution is -2.23. The fourth-order valence-corrected chi connectivity index (χ4v) is 4.59. The molecule has 0 atom stereocenters. The first-order chi connectivity index (χ1) is 16.1. The minimum absolute atomic E-state index is 0.265. The van der Waals surface area contributed by atoms with Gasteiger partial charge >= 0.3 is 0 Å². The second-order valence-corrected chi connectivity index (χ2v) is 9.06. The quantitative estimate of drug-likeness (QED) is 0.431. The van der Waals surface area contributed by atoms with Crippen LogP contribution in [0, 0.1) is 5.82 Å². The van der Waals surface area contributed by atoms with Gasteiger partial charge < -0.3 is 10.2 Å². The molecule has 3 aromatic heterocycles. The van der Waals surface area contributed by atoms with E-state index in [0.717, 1.165) is 47.7 Å². The van der Waals surface area contributed by atoms with Crippen molar-refractivity contribution in [2.24, 2.45) is 0 Å². The van der Waals surface area contributed by atoms with Crippen LogP contribution in [0.1, 0.15) is 37.7 Å². The summed E-state index contributed by atoms with van der Waals surface area (Å²) < 4.78 is 15.7. The average Bonchev–Trinajstić information content (AvgIpc) is 3.19. The number of pyridine rings is 1. The number of anilines is 1. The van der Waals surface area contributed by atoms with E-state index in [-0.39, 0.29) is 5.82 Å². The molecule has 6 nitrogen and oxygen atoms in total. The number of hydrogen-bond acceptors (Lipinski definition) is 5. The zero-order chi connectivity index (χ0) is 22.8. The number of hydrogen-bond donors (Lipinski definition) is 1. The molecule has 1 aliphatic carbocycles. The van der Waals surface area contributed by atoms with Crippen molar-refractivity contribution in [2.75, 3.05) is 19.4 Å². The van der Waals surface area contributed by atoms with E-state index in [1.165, 1.54) is 37.0 Å². The molecule has 1 aliphatic rings. The van der Waals surface area contributed by atoms with Crippen LogP contribution in [0.25, 0.3) is 28.3 Å². The molecule has 1 aromatic carbocycles. The van der Waals surface area contributed by atoms with Crippen LogP contribution in [0.5, 0.6) is 0 Å². The maximum Gasteiger partial charge on any atom is 0.223 e. The number of rotatable bonds is 6. The van der Waals surface area contributed by atoms with Gasteiger partial charge in [0.15, 0.2) is 0 Å². The molecule has 33 heavy (non-hydrogen) atoms. The fourth-order valence-electron chi connectivity index (χ4n) is 4.59. The maximum absolute atomic E-state index is 13.6. The lowest BCUT2D eigenvalue weighted by Gasteiger charge is -2.22. The van der Waals surface area contributed by atoms with Gasteiger partial charge in [-0.15, -0.1) is 0 Å². The molecule has 1 saturated carbocycles. The third-order valence-electron chi connectivity index (χ3n) is 6.14. The molecule has 0 radical (unpaired) electrons. The topological polar surface area (TPSA) is 58.4 Å². The number of imidazole rings is 1. The Morgan fingerprint density at radius 2 is 1.82 bits per heavy atom. The molecule has 0 amide bonds. The summed E-state index contributed by atoms with van der Waals surface area (Å²) in [6.45, 7) is 0.827. The molecule has 7 heteroatoms. The molecule has 5 rings (SSSR count). The van der Waals surface area contributed by atoms with Crippen molar-refractivity contribution in [3.63, 3.8) is 0 Å². The number of fused-ring (bicyclic) bond motifs is 1. The highest BCUT2D eigenvalue weighted by atomic mass is 19.1. The van der Waals surface area contributed by atoms with Gasteiger partial charge in [0, 0.05) is 30.5 Å². The maximum atomic E-state index is 13.6. The number of nitrogens with one attached hydrogen (secondary N) is 1. The predicted molar refractivity (Wildman–Crippen MR) is 129 cm³/mol. The molecule has 0 bridgehead atoms. The van der Waals surface area contributed by atoms with Crippen LogP contribution in [0.2, 0.25) is 0 Å². The van der Waals surface area contributed by atoms with E-state index in [1.807, 2.05) is 26.4 Å². The van der Waals surface area contributed by atoms with E-state index >= 15 is 0 Å². The molecule has 1 fully saturated rings. The van der Waals surface area contributed by atoms with Gasteiger partial charge in [0.2, 0.25) is 5.95 Å². The van der Waals surface area contributed by atoms with Crippen LogP contribution in [-0.4, -0.2) is 44.4 Å². The summed E-state index contributed by atoms with van der Waals surface area (Å²) in [7, 11) is 4.10. The summed E-state index contributed by atoms with van der Waals surface area (Å²) in [4.78, 5) is 16.4. The Morgan fingerprint density at radius 3 is 2.58 bits per heavy atom. The standard InChI is InChI=1S/C26H29FN6/c1-32(2)17-18-13-15-33-23(16-18)31-24(19-8-10-20(27)11-9-19)25(33)22-12-14-28-26(30-22)29-21-6-4-3-5-7-21/h8-16,21H,3-7,17H2,1-2H3,(H,28,29,30). The van der Waals surface area contributed by atoms with Crippen LogP contribution in [-0.2, 0) is 6.54 Å². The summed E-state index contributed by atoms with van der Waals surface area (Å²) >= 11 is 0. The Morgan fingerprint density at radius 1 is 1.03 bits per heavy atom. The van der Waals surface area contributed by atoms with Crippen molar-refractivity contribution in [3.8, 4) is 22.6 Å². The van der Waals surface area contributed by atoms with E-state index in [0.29, 0.717) is 12.0 Å². The van der Waals surface area contributed by atoms with Gasteiger partial charge in [0.1, 0.15) is 11.5 Å². The van der Waals surface area contributed by atoms with E-state index in [2.05, 4.69) is 31.7 Å². The monoisotopic (exact) mass is 444 g/mol. The first-order valence-electron chi connectivity index (χ1n) is 11.6. The second-order valence-electron chi connectivity index (χ2n) is 9.06. The van der Waals surface area contributed by atoms with E-state index in [4.69, 9.17) is 9.97 Å². The van der Waals surface area contributed by atoms with Crippen molar-refractivity contribution in [2.45, 2.75) is 44.7 Å². The number of benzene rings is 1.